The third-order valence-corrected chi connectivity index (χ3v) is 6.94. The van der Waals surface area contributed by atoms with Crippen LogP contribution in [0.15, 0.2) is 67.1 Å². The molecule has 1 unspecified atom stereocenters. The van der Waals surface area contributed by atoms with Crippen molar-refractivity contribution in [1.29, 1.82) is 0 Å². The van der Waals surface area contributed by atoms with Crippen molar-refractivity contribution in [2.75, 3.05) is 31.6 Å². The molecular weight excluding hydrogens is 699 g/mol. The fraction of sp³-hybridized carbons (Fsp3) is 0.367. The minimum absolute atomic E-state index is 0.116. The van der Waals surface area contributed by atoms with Gasteiger partial charge in [0.05, 0.1) is 18.5 Å². The number of aromatic nitrogens is 2. The predicted octanol–water partition coefficient (Wildman–Crippen LogP) is 5.55. The van der Waals surface area contributed by atoms with E-state index in [9.17, 15) is 39.5 Å². The molecule has 3 N–H and O–H groups in total. The summed E-state index contributed by atoms with van der Waals surface area (Å²) in [6.07, 6.45) is -8.36. The van der Waals surface area contributed by atoms with E-state index in [0.717, 1.165) is 44.9 Å². The second-order valence-electron chi connectivity index (χ2n) is 10.6. The highest BCUT2D eigenvalue weighted by Gasteiger charge is 2.48. The van der Waals surface area contributed by atoms with E-state index >= 15 is 0 Å². The highest BCUT2D eigenvalue weighted by atomic mass is 19.4. The fourth-order valence-corrected chi connectivity index (χ4v) is 4.84. The first-order valence-corrected chi connectivity index (χ1v) is 13.9. The number of carbonyl (C=O) groups is 3. The summed E-state index contributed by atoms with van der Waals surface area (Å²) in [7, 11) is 1.71. The van der Waals surface area contributed by atoms with Crippen molar-refractivity contribution in [3.63, 3.8) is 0 Å². The molecule has 0 aliphatic carbocycles. The Morgan fingerprint density at radius 3 is 1.74 bits per heavy atom. The molecule has 2 aliphatic rings. The Morgan fingerprint density at radius 2 is 1.28 bits per heavy atom. The largest absolute Gasteiger partial charge is 0.497 e. The van der Waals surface area contributed by atoms with Crippen LogP contribution in [-0.2, 0) is 32.9 Å². The number of carboxylic acids is 3. The van der Waals surface area contributed by atoms with Crippen LogP contribution in [0.3, 0.4) is 0 Å². The maximum absolute atomic E-state index is 10.6. The average molecular weight is 729 g/mol. The molecule has 5 rings (SSSR count). The van der Waals surface area contributed by atoms with Crippen LogP contribution in [0.1, 0.15) is 23.2 Å². The van der Waals surface area contributed by atoms with Crippen molar-refractivity contribution in [2.24, 2.45) is 0 Å². The van der Waals surface area contributed by atoms with Gasteiger partial charge in [-0.3, -0.25) is 14.9 Å². The Balaban J connectivity index is 0.000000338. The van der Waals surface area contributed by atoms with E-state index in [1.165, 1.54) is 22.5 Å². The molecule has 0 saturated carbocycles. The molecule has 274 valence electrons. The molecule has 20 heteroatoms. The highest BCUT2D eigenvalue weighted by Crippen LogP contribution is 2.45. The lowest BCUT2D eigenvalue weighted by atomic mass is 9.85. The molecule has 3 aromatic rings. The minimum Gasteiger partial charge on any atom is -0.497 e. The number of alkyl halides is 9. The third kappa shape index (κ3) is 12.4. The van der Waals surface area contributed by atoms with E-state index in [1.807, 2.05) is 36.8 Å². The number of fused-ring (bicyclic) bond motifs is 2. The van der Waals surface area contributed by atoms with Gasteiger partial charge in [0.2, 0.25) is 0 Å². The van der Waals surface area contributed by atoms with Crippen LogP contribution in [0.4, 0.5) is 45.2 Å². The normalized spacial score (nSPS) is 16.9. The molecule has 0 amide bonds. The molecule has 4 heterocycles. The van der Waals surface area contributed by atoms with E-state index in [1.54, 1.807) is 7.11 Å². The molecule has 2 aromatic heterocycles. The van der Waals surface area contributed by atoms with Crippen LogP contribution in [0.25, 0.3) is 0 Å². The van der Waals surface area contributed by atoms with E-state index in [-0.39, 0.29) is 5.41 Å². The minimum atomic E-state index is -5.08. The zero-order valence-electron chi connectivity index (χ0n) is 25.8. The Morgan fingerprint density at radius 1 is 0.760 bits per heavy atom. The number of rotatable bonds is 5. The first-order valence-electron chi connectivity index (χ1n) is 13.9. The summed E-state index contributed by atoms with van der Waals surface area (Å²) >= 11 is 0. The number of pyridine rings is 2. The van der Waals surface area contributed by atoms with Gasteiger partial charge in [-0.05, 0) is 54.4 Å². The maximum atomic E-state index is 10.6. The molecule has 1 aromatic carbocycles. The SMILES string of the molecule is COc1ccc(CN2CCC3(C2)CN(Cc2cccnc2)c2cccnc23)cc1.O=C(O)C(F)(F)F.O=C(O)C(F)(F)F.O=C(O)C(F)(F)F. The molecule has 0 radical (unpaired) electrons. The van der Waals surface area contributed by atoms with Gasteiger partial charge < -0.3 is 25.0 Å². The van der Waals surface area contributed by atoms with Crippen molar-refractivity contribution in [2.45, 2.75) is 43.5 Å². The number of aliphatic carboxylic acids is 3. The molecule has 1 saturated heterocycles. The molecule has 1 spiro atoms. The van der Waals surface area contributed by atoms with Crippen LogP contribution >= 0.6 is 0 Å². The average Bonchev–Trinajstić information content (AvgIpc) is 3.57. The van der Waals surface area contributed by atoms with Gasteiger partial charge in [0, 0.05) is 50.2 Å². The smallest absolute Gasteiger partial charge is 0.490 e. The van der Waals surface area contributed by atoms with E-state index in [4.69, 9.17) is 39.4 Å². The van der Waals surface area contributed by atoms with Gasteiger partial charge in [0.25, 0.3) is 0 Å². The summed E-state index contributed by atoms with van der Waals surface area (Å²) < 4.78 is 100. The first-order chi connectivity index (χ1) is 23.1. The van der Waals surface area contributed by atoms with Gasteiger partial charge in [0.1, 0.15) is 5.75 Å². The monoisotopic (exact) mass is 728 g/mol. The second kappa shape index (κ2) is 17.0. The van der Waals surface area contributed by atoms with Gasteiger partial charge in [0.15, 0.2) is 0 Å². The summed E-state index contributed by atoms with van der Waals surface area (Å²) in [5.41, 5.74) is 5.23. The molecule has 2 aliphatic heterocycles. The van der Waals surface area contributed by atoms with E-state index in [0.29, 0.717) is 0 Å². The van der Waals surface area contributed by atoms with Gasteiger partial charge in [-0.15, -0.1) is 0 Å². The number of methoxy groups -OCH3 is 1. The van der Waals surface area contributed by atoms with Crippen LogP contribution < -0.4 is 9.64 Å². The third-order valence-electron chi connectivity index (χ3n) is 6.94. The number of hydrogen-bond acceptors (Lipinski definition) is 8. The fourth-order valence-electron chi connectivity index (χ4n) is 4.84. The number of likely N-dealkylation sites (tertiary alicyclic amines) is 1. The van der Waals surface area contributed by atoms with E-state index in [2.05, 4.69) is 45.1 Å². The number of hydrogen-bond donors (Lipinski definition) is 3. The van der Waals surface area contributed by atoms with Crippen molar-refractivity contribution in [3.05, 3.63) is 83.9 Å². The van der Waals surface area contributed by atoms with Crippen molar-refractivity contribution in [1.82, 2.24) is 14.9 Å². The molecule has 11 nitrogen and oxygen atoms in total. The lowest BCUT2D eigenvalue weighted by Crippen LogP contribution is -2.36. The predicted molar refractivity (Wildman–Crippen MR) is 155 cm³/mol. The number of ether oxygens (including phenoxy) is 1. The topological polar surface area (TPSA) is 153 Å². The summed E-state index contributed by atoms with van der Waals surface area (Å²) in [6.45, 7) is 5.02. The van der Waals surface area contributed by atoms with Crippen LogP contribution in [0.2, 0.25) is 0 Å². The quantitative estimate of drug-likeness (QED) is 0.284. The number of carboxylic acid groups (broad SMARTS) is 3. The lowest BCUT2D eigenvalue weighted by molar-refractivity contribution is -0.193. The highest BCUT2D eigenvalue weighted by molar-refractivity contribution is 5.73. The molecule has 0 bridgehead atoms. The summed E-state index contributed by atoms with van der Waals surface area (Å²) in [4.78, 5) is 40.9. The van der Waals surface area contributed by atoms with Gasteiger partial charge in [-0.1, -0.05) is 18.2 Å². The maximum Gasteiger partial charge on any atom is 0.490 e. The van der Waals surface area contributed by atoms with Gasteiger partial charge >= 0.3 is 36.4 Å². The lowest BCUT2D eigenvalue weighted by Gasteiger charge is -2.26. The number of halogens is 9. The molecular formula is C30H29F9N4O7. The Bertz CT molecular complexity index is 1510. The van der Waals surface area contributed by atoms with E-state index < -0.39 is 36.4 Å². The molecule has 1 atom stereocenters. The van der Waals surface area contributed by atoms with Crippen molar-refractivity contribution < 1.29 is 74.0 Å². The zero-order valence-corrected chi connectivity index (χ0v) is 25.8. The van der Waals surface area contributed by atoms with Crippen LogP contribution in [0, 0.1) is 0 Å². The van der Waals surface area contributed by atoms with Gasteiger partial charge in [-0.25, -0.2) is 14.4 Å². The number of anilines is 1. The molecule has 1 fully saturated rings. The summed E-state index contributed by atoms with van der Waals surface area (Å²) in [5, 5.41) is 21.4. The van der Waals surface area contributed by atoms with Gasteiger partial charge in [-0.2, -0.15) is 39.5 Å². The van der Waals surface area contributed by atoms with Crippen molar-refractivity contribution >= 4 is 23.6 Å². The second-order valence-corrected chi connectivity index (χ2v) is 10.6. The molecule has 50 heavy (non-hydrogen) atoms. The first kappa shape index (κ1) is 41.0. The van der Waals surface area contributed by atoms with Crippen LogP contribution in [-0.4, -0.2) is 93.4 Å². The standard InChI is InChI=1S/C24H26N4O.3C2HF3O2/c1-29-21-8-6-19(7-9-21)15-27-13-10-24(17-27)18-28(16-20-4-2-11-25-14-20)22-5-3-12-26-23(22)24;3*3-2(4,5)1(6)7/h2-9,11-12,14H,10,13,15-18H2,1H3;3*(H,6,7). The van der Waals surface area contributed by atoms with Crippen molar-refractivity contribution in [3.8, 4) is 5.75 Å². The Hall–Kier alpha value is -5.14. The number of benzene rings is 1. The summed E-state index contributed by atoms with van der Waals surface area (Å²) in [6, 6.07) is 16.9. The number of nitrogens with zero attached hydrogens (tertiary/aromatic N) is 4. The Labute approximate surface area is 277 Å². The Kier molecular flexibility index (Phi) is 13.9. The zero-order chi connectivity index (χ0) is 37.9. The van der Waals surface area contributed by atoms with Crippen LogP contribution in [0.5, 0.6) is 5.75 Å². The summed E-state index contributed by atoms with van der Waals surface area (Å²) in [5.74, 6) is -7.36.